The molecular formula is C11H18O3. The highest BCUT2D eigenvalue weighted by Crippen LogP contribution is 2.43. The second kappa shape index (κ2) is 3.05. The third-order valence-electron chi connectivity index (χ3n) is 3.07. The number of rotatable bonds is 1. The molecule has 3 heteroatoms. The lowest BCUT2D eigenvalue weighted by Crippen LogP contribution is -2.28. The third kappa shape index (κ3) is 1.49. The van der Waals surface area contributed by atoms with Gasteiger partial charge in [-0.25, -0.2) is 0 Å². The first-order valence-corrected chi connectivity index (χ1v) is 5.10. The summed E-state index contributed by atoms with van der Waals surface area (Å²) >= 11 is 0. The first-order chi connectivity index (χ1) is 6.41. The van der Waals surface area contributed by atoms with Crippen molar-refractivity contribution < 1.29 is 14.6 Å². The van der Waals surface area contributed by atoms with E-state index >= 15 is 0 Å². The molecule has 0 aromatic carbocycles. The summed E-state index contributed by atoms with van der Waals surface area (Å²) in [6.07, 6.45) is 0.105. The topological polar surface area (TPSA) is 38.7 Å². The van der Waals surface area contributed by atoms with Gasteiger partial charge in [0.05, 0.1) is 12.2 Å². The van der Waals surface area contributed by atoms with Crippen molar-refractivity contribution in [3.05, 3.63) is 12.2 Å². The lowest BCUT2D eigenvalue weighted by molar-refractivity contribution is -0.165. The highest BCUT2D eigenvalue weighted by molar-refractivity contribution is 5.10. The maximum Gasteiger partial charge on any atom is 0.163 e. The zero-order chi connectivity index (χ0) is 10.5. The molecule has 1 saturated carbocycles. The molecule has 0 radical (unpaired) electrons. The summed E-state index contributed by atoms with van der Waals surface area (Å²) in [5, 5.41) is 9.80. The predicted octanol–water partition coefficient (Wildman–Crippen LogP) is 1.46. The SMILES string of the molecule is C=C(C)C1CC(O)C2OC(C)(C)OC12. The van der Waals surface area contributed by atoms with Gasteiger partial charge in [-0.1, -0.05) is 12.2 Å². The van der Waals surface area contributed by atoms with E-state index in [0.29, 0.717) is 6.42 Å². The van der Waals surface area contributed by atoms with Crippen LogP contribution in [0, 0.1) is 5.92 Å². The number of ether oxygens (including phenoxy) is 2. The molecular weight excluding hydrogens is 180 g/mol. The molecule has 0 bridgehead atoms. The van der Waals surface area contributed by atoms with E-state index in [0.717, 1.165) is 5.57 Å². The maximum absolute atomic E-state index is 9.80. The van der Waals surface area contributed by atoms with Crippen LogP contribution in [-0.2, 0) is 9.47 Å². The Kier molecular flexibility index (Phi) is 2.21. The summed E-state index contributed by atoms with van der Waals surface area (Å²) in [6, 6.07) is 0. The molecule has 1 aliphatic carbocycles. The van der Waals surface area contributed by atoms with E-state index in [1.165, 1.54) is 0 Å². The number of hydrogen-bond acceptors (Lipinski definition) is 3. The summed E-state index contributed by atoms with van der Waals surface area (Å²) in [5.74, 6) is -0.332. The third-order valence-corrected chi connectivity index (χ3v) is 3.07. The molecule has 80 valence electrons. The lowest BCUT2D eigenvalue weighted by Gasteiger charge is -2.22. The zero-order valence-electron chi connectivity index (χ0n) is 8.99. The standard InChI is InChI=1S/C11H18O3/c1-6(2)7-5-8(12)10-9(7)13-11(3,4)14-10/h7-10,12H,1,5H2,2-4H3. The highest BCUT2D eigenvalue weighted by atomic mass is 16.8. The molecule has 1 heterocycles. The van der Waals surface area contributed by atoms with Crippen molar-refractivity contribution in [2.45, 2.75) is 51.3 Å². The van der Waals surface area contributed by atoms with Crippen molar-refractivity contribution in [1.82, 2.24) is 0 Å². The Morgan fingerprint density at radius 2 is 1.93 bits per heavy atom. The van der Waals surface area contributed by atoms with Gasteiger partial charge in [-0.05, 0) is 27.2 Å². The zero-order valence-corrected chi connectivity index (χ0v) is 8.99. The number of fused-ring (bicyclic) bond motifs is 1. The molecule has 0 spiro atoms. The highest BCUT2D eigenvalue weighted by Gasteiger charge is 2.53. The summed E-state index contributed by atoms with van der Waals surface area (Å²) in [5.41, 5.74) is 1.07. The molecule has 1 saturated heterocycles. The summed E-state index contributed by atoms with van der Waals surface area (Å²) in [6.45, 7) is 9.68. The second-order valence-corrected chi connectivity index (χ2v) is 4.82. The minimum absolute atomic E-state index is 0.0162. The molecule has 4 unspecified atom stereocenters. The molecule has 3 nitrogen and oxygen atoms in total. The lowest BCUT2D eigenvalue weighted by atomic mass is 9.98. The fourth-order valence-corrected chi connectivity index (χ4v) is 2.44. The van der Waals surface area contributed by atoms with Crippen LogP contribution in [0.25, 0.3) is 0 Å². The summed E-state index contributed by atoms with van der Waals surface area (Å²) < 4.78 is 11.4. The minimum atomic E-state index is -0.565. The van der Waals surface area contributed by atoms with Gasteiger partial charge < -0.3 is 14.6 Å². The van der Waals surface area contributed by atoms with Gasteiger partial charge in [0.25, 0.3) is 0 Å². The van der Waals surface area contributed by atoms with Crippen LogP contribution in [0.4, 0.5) is 0 Å². The Bertz CT molecular complexity index is 259. The van der Waals surface area contributed by atoms with Crippen LogP contribution in [-0.4, -0.2) is 29.2 Å². The first kappa shape index (κ1) is 10.1. The van der Waals surface area contributed by atoms with Gasteiger partial charge in [0, 0.05) is 5.92 Å². The Morgan fingerprint density at radius 3 is 2.50 bits per heavy atom. The maximum atomic E-state index is 9.80. The quantitative estimate of drug-likeness (QED) is 0.648. The number of aliphatic hydroxyl groups excluding tert-OH is 1. The summed E-state index contributed by atoms with van der Waals surface area (Å²) in [4.78, 5) is 0. The van der Waals surface area contributed by atoms with Crippen LogP contribution in [0.3, 0.4) is 0 Å². The Morgan fingerprint density at radius 1 is 1.36 bits per heavy atom. The average molecular weight is 198 g/mol. The van der Waals surface area contributed by atoms with E-state index in [1.54, 1.807) is 0 Å². The van der Waals surface area contributed by atoms with Crippen LogP contribution in [0.1, 0.15) is 27.2 Å². The van der Waals surface area contributed by atoms with E-state index < -0.39 is 11.9 Å². The van der Waals surface area contributed by atoms with Crippen LogP contribution < -0.4 is 0 Å². The Labute approximate surface area is 84.7 Å². The fourth-order valence-electron chi connectivity index (χ4n) is 2.44. The van der Waals surface area contributed by atoms with Crippen molar-refractivity contribution >= 4 is 0 Å². The molecule has 2 fully saturated rings. The molecule has 4 atom stereocenters. The molecule has 2 aliphatic rings. The van der Waals surface area contributed by atoms with Crippen LogP contribution in [0.5, 0.6) is 0 Å². The van der Waals surface area contributed by atoms with Gasteiger partial charge in [0.2, 0.25) is 0 Å². The largest absolute Gasteiger partial charge is 0.390 e. The van der Waals surface area contributed by atoms with Crippen LogP contribution in [0.2, 0.25) is 0 Å². The molecule has 2 rings (SSSR count). The number of hydrogen-bond donors (Lipinski definition) is 1. The predicted molar refractivity (Wildman–Crippen MR) is 52.8 cm³/mol. The second-order valence-electron chi connectivity index (χ2n) is 4.82. The van der Waals surface area contributed by atoms with Gasteiger partial charge in [0.1, 0.15) is 6.10 Å². The van der Waals surface area contributed by atoms with Gasteiger partial charge in [-0.2, -0.15) is 0 Å². The Balaban J connectivity index is 2.19. The van der Waals surface area contributed by atoms with Gasteiger partial charge in [-0.3, -0.25) is 0 Å². The molecule has 1 N–H and O–H groups in total. The smallest absolute Gasteiger partial charge is 0.163 e. The van der Waals surface area contributed by atoms with E-state index in [9.17, 15) is 5.11 Å². The van der Waals surface area contributed by atoms with Crippen molar-refractivity contribution in [2.75, 3.05) is 0 Å². The van der Waals surface area contributed by atoms with E-state index in [-0.39, 0.29) is 18.1 Å². The Hall–Kier alpha value is -0.380. The van der Waals surface area contributed by atoms with Gasteiger partial charge in [0.15, 0.2) is 5.79 Å². The molecule has 0 amide bonds. The van der Waals surface area contributed by atoms with Crippen molar-refractivity contribution in [1.29, 1.82) is 0 Å². The minimum Gasteiger partial charge on any atom is -0.390 e. The number of aliphatic hydroxyl groups is 1. The monoisotopic (exact) mass is 198 g/mol. The molecule has 0 aromatic heterocycles. The molecule has 1 aliphatic heterocycles. The van der Waals surface area contributed by atoms with Gasteiger partial charge >= 0.3 is 0 Å². The van der Waals surface area contributed by atoms with Crippen LogP contribution >= 0.6 is 0 Å². The van der Waals surface area contributed by atoms with Gasteiger partial charge in [-0.15, -0.1) is 0 Å². The summed E-state index contributed by atoms with van der Waals surface area (Å²) in [7, 11) is 0. The van der Waals surface area contributed by atoms with Crippen molar-refractivity contribution in [3.63, 3.8) is 0 Å². The molecule has 0 aromatic rings. The van der Waals surface area contributed by atoms with Crippen molar-refractivity contribution in [3.8, 4) is 0 Å². The van der Waals surface area contributed by atoms with Crippen LogP contribution in [0.15, 0.2) is 12.2 Å². The first-order valence-electron chi connectivity index (χ1n) is 5.10. The van der Waals surface area contributed by atoms with E-state index in [2.05, 4.69) is 6.58 Å². The molecule has 14 heavy (non-hydrogen) atoms. The average Bonchev–Trinajstić information content (AvgIpc) is 2.47. The van der Waals surface area contributed by atoms with Crippen molar-refractivity contribution in [2.24, 2.45) is 5.92 Å². The fraction of sp³-hybridized carbons (Fsp3) is 0.818. The van der Waals surface area contributed by atoms with E-state index in [4.69, 9.17) is 9.47 Å². The van der Waals surface area contributed by atoms with E-state index in [1.807, 2.05) is 20.8 Å². The normalized spacial score (nSPS) is 45.1.